The highest BCUT2D eigenvalue weighted by Gasteiger charge is 2.27. The molecule has 1 aliphatic heterocycles. The lowest BCUT2D eigenvalue weighted by Gasteiger charge is -2.28. The number of nitrogens with zero attached hydrogens (tertiary/aromatic N) is 2. The van der Waals surface area contributed by atoms with Gasteiger partial charge in [0.1, 0.15) is 23.9 Å². The first kappa shape index (κ1) is 29.8. The molecule has 0 unspecified atom stereocenters. The van der Waals surface area contributed by atoms with Crippen molar-refractivity contribution < 1.29 is 19.4 Å². The zero-order chi connectivity index (χ0) is 30.4. The molecule has 3 aromatic carbocycles. The van der Waals surface area contributed by atoms with Gasteiger partial charge in [0.05, 0.1) is 15.9 Å². The monoisotopic (exact) mass is 601 g/mol. The predicted octanol–water partition coefficient (Wildman–Crippen LogP) is 7.93. The molecule has 0 atom stereocenters. The highest BCUT2D eigenvalue weighted by atomic mass is 32.2. The van der Waals surface area contributed by atoms with Crippen LogP contribution in [0.15, 0.2) is 69.3 Å². The molecule has 9 heteroatoms. The van der Waals surface area contributed by atoms with Gasteiger partial charge in [0, 0.05) is 28.0 Å². The summed E-state index contributed by atoms with van der Waals surface area (Å²) >= 11 is 2.58. The quantitative estimate of drug-likeness (QED) is 0.217. The molecule has 0 aliphatic carbocycles. The summed E-state index contributed by atoms with van der Waals surface area (Å²) in [6.07, 6.45) is 1.68. The van der Waals surface area contributed by atoms with Crippen molar-refractivity contribution in [1.29, 1.82) is 0 Å². The van der Waals surface area contributed by atoms with E-state index in [1.165, 1.54) is 0 Å². The van der Waals surface area contributed by atoms with Gasteiger partial charge in [0.2, 0.25) is 0 Å². The molecule has 0 radical (unpaired) electrons. The molecule has 0 saturated carbocycles. The second-order valence-electron chi connectivity index (χ2n) is 12.4. The van der Waals surface area contributed by atoms with Crippen LogP contribution in [0.4, 0.5) is 4.79 Å². The van der Waals surface area contributed by atoms with Gasteiger partial charge in [-0.3, -0.25) is 14.9 Å². The van der Waals surface area contributed by atoms with Gasteiger partial charge >= 0.3 is 0 Å². The summed E-state index contributed by atoms with van der Waals surface area (Å²) in [7, 11) is 1.99. The normalized spacial score (nSPS) is 15.1. The van der Waals surface area contributed by atoms with Crippen LogP contribution in [-0.2, 0) is 29.3 Å². The molecule has 0 bridgehead atoms. The van der Waals surface area contributed by atoms with E-state index >= 15 is 0 Å². The molecule has 1 aromatic heterocycles. The predicted molar refractivity (Wildman–Crippen MR) is 170 cm³/mol. The Kier molecular flexibility index (Phi) is 7.94. The Labute approximate surface area is 254 Å². The standard InChI is InChI=1S/C33H35N3O4S2/c1-32(2,3)23-15-22(16-24(29(23)37)33(4,5)6)41-21-12-13-25-26(17-21)36(7)28(34-25)18-40-20-10-8-19(9-11-20)14-27-30(38)35-31(39)42-27/h8-17,37H,18H2,1-7H3,(H,35,38,39). The van der Waals surface area contributed by atoms with Crippen LogP contribution in [0.3, 0.4) is 0 Å². The molecule has 1 saturated heterocycles. The van der Waals surface area contributed by atoms with Crippen molar-refractivity contribution in [3.05, 3.63) is 82.0 Å². The Morgan fingerprint density at radius 1 is 0.952 bits per heavy atom. The van der Waals surface area contributed by atoms with Crippen LogP contribution >= 0.6 is 23.5 Å². The Hall–Kier alpha value is -3.69. The summed E-state index contributed by atoms with van der Waals surface area (Å²) in [5.41, 5.74) is 4.22. The molecular formula is C33H35N3O4S2. The largest absolute Gasteiger partial charge is 0.507 e. The SMILES string of the molecule is Cn1c(COc2ccc(C=C3SC(=O)NC3=O)cc2)nc2ccc(Sc3cc(C(C)(C)C)c(O)c(C(C)(C)C)c3)cc21. The minimum atomic E-state index is -0.374. The van der Waals surface area contributed by atoms with Crippen molar-refractivity contribution in [3.8, 4) is 11.5 Å². The van der Waals surface area contributed by atoms with Gasteiger partial charge in [-0.1, -0.05) is 65.4 Å². The first-order chi connectivity index (χ1) is 19.7. The number of carbonyl (C=O) groups excluding carboxylic acids is 2. The summed E-state index contributed by atoms with van der Waals surface area (Å²) in [6.45, 7) is 13.0. The van der Waals surface area contributed by atoms with Gasteiger partial charge in [0.15, 0.2) is 0 Å². The second kappa shape index (κ2) is 11.2. The summed E-state index contributed by atoms with van der Waals surface area (Å²) in [5, 5.41) is 13.0. The second-order valence-corrected chi connectivity index (χ2v) is 14.6. The highest BCUT2D eigenvalue weighted by molar-refractivity contribution is 8.18. The van der Waals surface area contributed by atoms with Crippen molar-refractivity contribution >= 4 is 51.8 Å². The van der Waals surface area contributed by atoms with Crippen molar-refractivity contribution in [2.75, 3.05) is 0 Å². The molecule has 4 aromatic rings. The number of aromatic hydroxyl groups is 1. The van der Waals surface area contributed by atoms with Crippen molar-refractivity contribution in [2.24, 2.45) is 7.05 Å². The summed E-state index contributed by atoms with van der Waals surface area (Å²) in [5.74, 6) is 1.48. The molecule has 1 aliphatic rings. The number of phenols is 1. The molecule has 1 fully saturated rings. The number of rotatable bonds is 6. The minimum Gasteiger partial charge on any atom is -0.507 e. The van der Waals surface area contributed by atoms with E-state index < -0.39 is 0 Å². The maximum Gasteiger partial charge on any atom is 0.290 e. The molecular weight excluding hydrogens is 567 g/mol. The third-order valence-corrected chi connectivity index (χ3v) is 8.84. The maximum absolute atomic E-state index is 11.8. The Balaban J connectivity index is 1.33. The third kappa shape index (κ3) is 6.37. The van der Waals surface area contributed by atoms with E-state index in [2.05, 4.69) is 71.1 Å². The molecule has 42 heavy (non-hydrogen) atoms. The van der Waals surface area contributed by atoms with E-state index in [0.29, 0.717) is 23.0 Å². The fraction of sp³-hybridized carbons (Fsp3) is 0.303. The smallest absolute Gasteiger partial charge is 0.290 e. The van der Waals surface area contributed by atoms with Crippen LogP contribution in [0.1, 0.15) is 64.1 Å². The number of imidazole rings is 1. The third-order valence-electron chi connectivity index (χ3n) is 7.07. The van der Waals surface area contributed by atoms with E-state index in [1.807, 2.05) is 41.9 Å². The highest BCUT2D eigenvalue weighted by Crippen LogP contribution is 2.43. The molecule has 218 valence electrons. The fourth-order valence-corrected chi connectivity index (χ4v) is 6.35. The number of benzene rings is 3. The number of amides is 2. The van der Waals surface area contributed by atoms with Crippen molar-refractivity contribution in [3.63, 3.8) is 0 Å². The van der Waals surface area contributed by atoms with Gasteiger partial charge in [-0.25, -0.2) is 4.98 Å². The first-order valence-electron chi connectivity index (χ1n) is 13.7. The number of nitrogens with one attached hydrogen (secondary N) is 1. The zero-order valence-electron chi connectivity index (χ0n) is 24.9. The molecule has 7 nitrogen and oxygen atoms in total. The topological polar surface area (TPSA) is 93.5 Å². The van der Waals surface area contributed by atoms with Gasteiger partial charge < -0.3 is 14.4 Å². The average Bonchev–Trinajstić information content (AvgIpc) is 3.39. The first-order valence-corrected chi connectivity index (χ1v) is 15.3. The van der Waals surface area contributed by atoms with Crippen LogP contribution in [0.25, 0.3) is 17.1 Å². The Bertz CT molecular complexity index is 1690. The number of ether oxygens (including phenoxy) is 1. The van der Waals surface area contributed by atoms with Crippen LogP contribution in [-0.4, -0.2) is 25.8 Å². The number of imide groups is 1. The number of hydrogen-bond donors (Lipinski definition) is 2. The van der Waals surface area contributed by atoms with E-state index in [0.717, 1.165) is 55.1 Å². The fourth-order valence-electron chi connectivity index (χ4n) is 4.74. The average molecular weight is 602 g/mol. The van der Waals surface area contributed by atoms with Crippen LogP contribution in [0, 0.1) is 0 Å². The van der Waals surface area contributed by atoms with Crippen LogP contribution in [0.5, 0.6) is 11.5 Å². The van der Waals surface area contributed by atoms with Gasteiger partial charge in [-0.05, 0) is 76.7 Å². The Morgan fingerprint density at radius 2 is 1.60 bits per heavy atom. The molecule has 2 N–H and O–H groups in total. The lowest BCUT2D eigenvalue weighted by Crippen LogP contribution is -2.17. The summed E-state index contributed by atoms with van der Waals surface area (Å²) in [6, 6.07) is 17.8. The van der Waals surface area contributed by atoms with E-state index in [9.17, 15) is 14.7 Å². The van der Waals surface area contributed by atoms with E-state index in [1.54, 1.807) is 17.8 Å². The number of thioether (sulfide) groups is 1. The molecule has 2 amide bonds. The minimum absolute atomic E-state index is 0.189. The number of aryl methyl sites for hydroxylation is 1. The lowest BCUT2D eigenvalue weighted by atomic mass is 9.79. The lowest BCUT2D eigenvalue weighted by molar-refractivity contribution is -0.115. The maximum atomic E-state index is 11.8. The van der Waals surface area contributed by atoms with E-state index in [-0.39, 0.29) is 22.0 Å². The summed E-state index contributed by atoms with van der Waals surface area (Å²) < 4.78 is 8.07. The zero-order valence-corrected chi connectivity index (χ0v) is 26.5. The number of carbonyl (C=O) groups is 2. The van der Waals surface area contributed by atoms with Crippen LogP contribution < -0.4 is 10.1 Å². The van der Waals surface area contributed by atoms with Gasteiger partial charge in [-0.15, -0.1) is 0 Å². The van der Waals surface area contributed by atoms with E-state index in [4.69, 9.17) is 9.72 Å². The van der Waals surface area contributed by atoms with Gasteiger partial charge in [0.25, 0.3) is 11.1 Å². The Morgan fingerprint density at radius 3 is 2.17 bits per heavy atom. The van der Waals surface area contributed by atoms with Gasteiger partial charge in [-0.2, -0.15) is 0 Å². The van der Waals surface area contributed by atoms with Crippen LogP contribution in [0.2, 0.25) is 0 Å². The van der Waals surface area contributed by atoms with Crippen molar-refractivity contribution in [2.45, 2.75) is 68.8 Å². The molecule has 5 rings (SSSR count). The summed E-state index contributed by atoms with van der Waals surface area (Å²) in [4.78, 5) is 30.5. The molecule has 2 heterocycles. The number of aromatic nitrogens is 2. The molecule has 0 spiro atoms. The number of fused-ring (bicyclic) bond motifs is 1. The number of phenolic OH excluding ortho intramolecular Hbond substituents is 1. The number of hydrogen-bond acceptors (Lipinski definition) is 7. The van der Waals surface area contributed by atoms with Crippen molar-refractivity contribution in [1.82, 2.24) is 14.9 Å².